The minimum atomic E-state index is -0.0617. The van der Waals surface area contributed by atoms with E-state index in [0.717, 1.165) is 26.1 Å². The zero-order chi connectivity index (χ0) is 17.3. The lowest BCUT2D eigenvalue weighted by Gasteiger charge is -2.17. The molecule has 0 fully saturated rings. The molecule has 0 heterocycles. The number of nitrogens with zero attached hydrogens (tertiary/aromatic N) is 1. The summed E-state index contributed by atoms with van der Waals surface area (Å²) in [5.74, 6) is -0.0617. The molecule has 1 unspecified atom stereocenters. The normalized spacial score (nSPS) is 12.6. The van der Waals surface area contributed by atoms with E-state index < -0.39 is 0 Å². The van der Waals surface area contributed by atoms with Crippen molar-refractivity contribution in [1.82, 2.24) is 10.2 Å². The quantitative estimate of drug-likeness (QED) is 0.344. The first-order valence-corrected chi connectivity index (χ1v) is 9.62. The second-order valence-electron chi connectivity index (χ2n) is 6.72. The Labute approximate surface area is 144 Å². The van der Waals surface area contributed by atoms with Gasteiger partial charge in [-0.05, 0) is 33.9 Å². The molecule has 0 aromatic heterocycles. The van der Waals surface area contributed by atoms with Gasteiger partial charge in [-0.2, -0.15) is 0 Å². The van der Waals surface area contributed by atoms with Crippen molar-refractivity contribution in [1.29, 1.82) is 0 Å². The first kappa shape index (κ1) is 22.4. The molecular weight excluding hydrogens is 288 g/mol. The molecule has 0 aliphatic rings. The number of hydrogen-bond acceptors (Lipinski definition) is 4. The predicted molar refractivity (Wildman–Crippen MR) is 98.8 cm³/mol. The Kier molecular flexibility index (Phi) is 15.8. The monoisotopic (exact) mass is 328 g/mol. The number of carbonyl (C=O) groups excluding carboxylic acids is 1. The SMILES string of the molecule is CCCCCCCCCCC(C)OC(=O)CCN(C)CCNC. The van der Waals surface area contributed by atoms with E-state index in [1.54, 1.807) is 0 Å². The van der Waals surface area contributed by atoms with Crippen molar-refractivity contribution in [2.45, 2.75) is 84.2 Å². The number of esters is 1. The van der Waals surface area contributed by atoms with Crippen LogP contribution in [0.2, 0.25) is 0 Å². The van der Waals surface area contributed by atoms with E-state index in [4.69, 9.17) is 4.74 Å². The van der Waals surface area contributed by atoms with E-state index in [-0.39, 0.29) is 12.1 Å². The van der Waals surface area contributed by atoms with Crippen LogP contribution in [0.3, 0.4) is 0 Å². The van der Waals surface area contributed by atoms with Crippen LogP contribution in [0.5, 0.6) is 0 Å². The summed E-state index contributed by atoms with van der Waals surface area (Å²) in [6.45, 7) is 6.94. The predicted octanol–water partition coefficient (Wildman–Crippen LogP) is 3.99. The molecule has 4 heteroatoms. The number of hydrogen-bond donors (Lipinski definition) is 1. The molecule has 0 bridgehead atoms. The van der Waals surface area contributed by atoms with Crippen LogP contribution in [0.1, 0.15) is 78.1 Å². The maximum atomic E-state index is 11.8. The Morgan fingerprint density at radius 3 is 2.26 bits per heavy atom. The second-order valence-corrected chi connectivity index (χ2v) is 6.72. The van der Waals surface area contributed by atoms with Crippen molar-refractivity contribution in [3.8, 4) is 0 Å². The fourth-order valence-corrected chi connectivity index (χ4v) is 2.60. The van der Waals surface area contributed by atoms with Crippen LogP contribution in [-0.4, -0.2) is 50.7 Å². The number of nitrogens with one attached hydrogen (secondary N) is 1. The third-order valence-electron chi connectivity index (χ3n) is 4.24. The summed E-state index contributed by atoms with van der Waals surface area (Å²) in [4.78, 5) is 14.0. The van der Waals surface area contributed by atoms with Crippen LogP contribution < -0.4 is 5.32 Å². The van der Waals surface area contributed by atoms with Crippen molar-refractivity contribution >= 4 is 5.97 Å². The molecule has 1 N–H and O–H groups in total. The lowest BCUT2D eigenvalue weighted by Crippen LogP contribution is -2.30. The Morgan fingerprint density at radius 1 is 1.04 bits per heavy atom. The highest BCUT2D eigenvalue weighted by atomic mass is 16.5. The number of rotatable bonds is 16. The Balaban J connectivity index is 3.47. The summed E-state index contributed by atoms with van der Waals surface area (Å²) in [6, 6.07) is 0. The molecule has 0 spiro atoms. The average molecular weight is 329 g/mol. The van der Waals surface area contributed by atoms with Gasteiger partial charge in [0.15, 0.2) is 0 Å². The largest absolute Gasteiger partial charge is 0.463 e. The van der Waals surface area contributed by atoms with E-state index in [1.165, 1.54) is 51.4 Å². The molecule has 0 saturated heterocycles. The van der Waals surface area contributed by atoms with E-state index in [0.29, 0.717) is 6.42 Å². The molecule has 0 aliphatic heterocycles. The number of likely N-dealkylation sites (N-methyl/N-ethyl adjacent to an activating group) is 2. The van der Waals surface area contributed by atoms with Crippen molar-refractivity contribution < 1.29 is 9.53 Å². The van der Waals surface area contributed by atoms with Gasteiger partial charge >= 0.3 is 5.97 Å². The van der Waals surface area contributed by atoms with Crippen molar-refractivity contribution in [3.63, 3.8) is 0 Å². The van der Waals surface area contributed by atoms with Crippen LogP contribution in [0.25, 0.3) is 0 Å². The molecule has 23 heavy (non-hydrogen) atoms. The van der Waals surface area contributed by atoms with Gasteiger partial charge in [0.25, 0.3) is 0 Å². The van der Waals surface area contributed by atoms with Gasteiger partial charge in [-0.25, -0.2) is 0 Å². The van der Waals surface area contributed by atoms with Gasteiger partial charge in [-0.3, -0.25) is 4.79 Å². The summed E-state index contributed by atoms with van der Waals surface area (Å²) in [5, 5.41) is 3.11. The van der Waals surface area contributed by atoms with E-state index in [9.17, 15) is 4.79 Å². The molecule has 0 radical (unpaired) electrons. The number of ether oxygens (including phenoxy) is 1. The van der Waals surface area contributed by atoms with Crippen LogP contribution in [0, 0.1) is 0 Å². The summed E-state index contributed by atoms with van der Waals surface area (Å²) in [5.41, 5.74) is 0. The smallest absolute Gasteiger partial charge is 0.307 e. The van der Waals surface area contributed by atoms with Crippen LogP contribution in [-0.2, 0) is 9.53 Å². The van der Waals surface area contributed by atoms with Crippen molar-refractivity contribution in [2.24, 2.45) is 0 Å². The summed E-state index contributed by atoms with van der Waals surface area (Å²) in [7, 11) is 3.98. The summed E-state index contributed by atoms with van der Waals surface area (Å²) < 4.78 is 5.48. The highest BCUT2D eigenvalue weighted by Gasteiger charge is 2.10. The molecule has 0 aliphatic carbocycles. The minimum Gasteiger partial charge on any atom is -0.463 e. The van der Waals surface area contributed by atoms with Gasteiger partial charge in [0.2, 0.25) is 0 Å². The van der Waals surface area contributed by atoms with E-state index >= 15 is 0 Å². The highest BCUT2D eigenvalue weighted by molar-refractivity contribution is 5.69. The molecule has 1 atom stereocenters. The topological polar surface area (TPSA) is 41.6 Å². The van der Waals surface area contributed by atoms with E-state index in [2.05, 4.69) is 17.1 Å². The molecule has 0 aromatic rings. The lowest BCUT2D eigenvalue weighted by atomic mass is 10.1. The fraction of sp³-hybridized carbons (Fsp3) is 0.947. The Bertz CT molecular complexity index is 272. The van der Waals surface area contributed by atoms with Gasteiger partial charge in [0, 0.05) is 19.6 Å². The fourth-order valence-electron chi connectivity index (χ4n) is 2.60. The molecule has 138 valence electrons. The minimum absolute atomic E-state index is 0.0604. The maximum Gasteiger partial charge on any atom is 0.307 e. The third-order valence-corrected chi connectivity index (χ3v) is 4.24. The van der Waals surface area contributed by atoms with Crippen LogP contribution >= 0.6 is 0 Å². The zero-order valence-electron chi connectivity index (χ0n) is 16.0. The molecule has 0 aromatic carbocycles. The molecule has 0 rings (SSSR count). The Hall–Kier alpha value is -0.610. The molecule has 0 amide bonds. The van der Waals surface area contributed by atoms with E-state index in [1.807, 2.05) is 21.0 Å². The van der Waals surface area contributed by atoms with Gasteiger partial charge < -0.3 is 15.0 Å². The molecular formula is C19H40N2O2. The summed E-state index contributed by atoms with van der Waals surface area (Å²) >= 11 is 0. The second kappa shape index (κ2) is 16.3. The zero-order valence-corrected chi connectivity index (χ0v) is 16.0. The first-order valence-electron chi connectivity index (χ1n) is 9.62. The van der Waals surface area contributed by atoms with Gasteiger partial charge in [0.05, 0.1) is 12.5 Å². The summed E-state index contributed by atoms with van der Waals surface area (Å²) in [6.07, 6.45) is 12.1. The van der Waals surface area contributed by atoms with Crippen LogP contribution in [0.4, 0.5) is 0 Å². The molecule has 0 saturated carbocycles. The van der Waals surface area contributed by atoms with Gasteiger partial charge in [-0.15, -0.1) is 0 Å². The Morgan fingerprint density at radius 2 is 1.65 bits per heavy atom. The average Bonchev–Trinajstić information content (AvgIpc) is 2.53. The van der Waals surface area contributed by atoms with Gasteiger partial charge in [0.1, 0.15) is 0 Å². The van der Waals surface area contributed by atoms with Crippen LogP contribution in [0.15, 0.2) is 0 Å². The van der Waals surface area contributed by atoms with Crippen molar-refractivity contribution in [2.75, 3.05) is 33.7 Å². The van der Waals surface area contributed by atoms with Crippen molar-refractivity contribution in [3.05, 3.63) is 0 Å². The first-order chi connectivity index (χ1) is 11.1. The highest BCUT2D eigenvalue weighted by Crippen LogP contribution is 2.12. The number of unbranched alkanes of at least 4 members (excludes halogenated alkanes) is 7. The molecule has 4 nitrogen and oxygen atoms in total. The number of carbonyl (C=O) groups is 1. The van der Waals surface area contributed by atoms with Gasteiger partial charge in [-0.1, -0.05) is 51.9 Å². The lowest BCUT2D eigenvalue weighted by molar-refractivity contribution is -0.148. The maximum absolute atomic E-state index is 11.8. The third kappa shape index (κ3) is 16.0. The standard InChI is InChI=1S/C19H40N2O2/c1-5-6-7-8-9-10-11-12-13-18(2)23-19(22)14-16-21(4)17-15-20-3/h18,20H,5-17H2,1-4H3.